The molecule has 0 aliphatic rings. The summed E-state index contributed by atoms with van der Waals surface area (Å²) in [5, 5.41) is 9.56. The van der Waals surface area contributed by atoms with Gasteiger partial charge >= 0.3 is 0 Å². The Bertz CT molecular complexity index is 746. The van der Waals surface area contributed by atoms with Crippen molar-refractivity contribution in [2.24, 2.45) is 0 Å². The molecule has 2 rings (SSSR count). The average Bonchev–Trinajstić information content (AvgIpc) is 2.48. The van der Waals surface area contributed by atoms with Crippen molar-refractivity contribution in [2.45, 2.75) is 11.5 Å². The molecule has 0 heterocycles. The fourth-order valence-electron chi connectivity index (χ4n) is 1.79. The molecular weight excluding hydrogens is 314 g/mol. The molecule has 0 saturated carbocycles. The van der Waals surface area contributed by atoms with Crippen molar-refractivity contribution in [1.82, 2.24) is 0 Å². The normalized spacial score (nSPS) is 11.2. The van der Waals surface area contributed by atoms with E-state index in [9.17, 15) is 13.5 Å². The molecule has 0 amide bonds. The zero-order chi connectivity index (χ0) is 15.5. The number of rotatable bonds is 5. The molecule has 112 valence electrons. The molecule has 5 nitrogen and oxygen atoms in total. The average molecular weight is 328 g/mol. The first-order chi connectivity index (χ1) is 9.97. The first kappa shape index (κ1) is 15.6. The van der Waals surface area contributed by atoms with Crippen LogP contribution in [-0.4, -0.2) is 20.6 Å². The lowest BCUT2D eigenvalue weighted by Gasteiger charge is -2.12. The zero-order valence-electron chi connectivity index (χ0n) is 11.2. The summed E-state index contributed by atoms with van der Waals surface area (Å²) in [5.74, 6) is 0.425. The second-order valence-corrected chi connectivity index (χ2v) is 6.31. The lowest BCUT2D eigenvalue weighted by molar-refractivity contribution is 0.273. The monoisotopic (exact) mass is 327 g/mol. The van der Waals surface area contributed by atoms with Crippen molar-refractivity contribution in [3.63, 3.8) is 0 Å². The Morgan fingerprint density at radius 2 is 1.95 bits per heavy atom. The highest BCUT2D eigenvalue weighted by Gasteiger charge is 2.17. The van der Waals surface area contributed by atoms with Gasteiger partial charge in [-0.2, -0.15) is 0 Å². The number of halogens is 1. The molecule has 0 aliphatic heterocycles. The Hall–Kier alpha value is -1.76. The molecule has 2 aromatic rings. The third kappa shape index (κ3) is 3.47. The van der Waals surface area contributed by atoms with Gasteiger partial charge in [-0.1, -0.05) is 23.7 Å². The van der Waals surface area contributed by atoms with Crippen LogP contribution in [-0.2, 0) is 16.6 Å². The highest BCUT2D eigenvalue weighted by atomic mass is 35.5. The number of hydrogen-bond donors (Lipinski definition) is 2. The molecule has 7 heteroatoms. The fraction of sp³-hybridized carbons (Fsp3) is 0.143. The number of nitrogens with one attached hydrogen (secondary N) is 1. The summed E-state index contributed by atoms with van der Waals surface area (Å²) >= 11 is 5.94. The number of aliphatic hydroxyl groups is 1. The minimum absolute atomic E-state index is 0.0206. The van der Waals surface area contributed by atoms with Gasteiger partial charge in [0.05, 0.1) is 29.3 Å². The molecule has 0 saturated heterocycles. The van der Waals surface area contributed by atoms with Gasteiger partial charge in [0.1, 0.15) is 5.75 Å². The summed E-state index contributed by atoms with van der Waals surface area (Å²) in [6.07, 6.45) is 0. The van der Waals surface area contributed by atoms with Crippen LogP contribution in [0.5, 0.6) is 5.75 Å². The maximum absolute atomic E-state index is 12.3. The largest absolute Gasteiger partial charge is 0.496 e. The van der Waals surface area contributed by atoms with Crippen molar-refractivity contribution < 1.29 is 18.3 Å². The van der Waals surface area contributed by atoms with Gasteiger partial charge in [0.15, 0.2) is 0 Å². The van der Waals surface area contributed by atoms with Gasteiger partial charge in [-0.25, -0.2) is 8.42 Å². The number of hydrogen-bond acceptors (Lipinski definition) is 4. The van der Waals surface area contributed by atoms with Crippen molar-refractivity contribution in [2.75, 3.05) is 11.8 Å². The van der Waals surface area contributed by atoms with Crippen LogP contribution in [0.2, 0.25) is 5.02 Å². The number of aliphatic hydroxyl groups excluding tert-OH is 1. The van der Waals surface area contributed by atoms with Crippen LogP contribution in [0, 0.1) is 0 Å². The van der Waals surface area contributed by atoms with Crippen LogP contribution >= 0.6 is 11.6 Å². The molecule has 0 spiro atoms. The van der Waals surface area contributed by atoms with E-state index in [1.165, 1.54) is 25.3 Å². The third-order valence-corrected chi connectivity index (χ3v) is 4.54. The van der Waals surface area contributed by atoms with Crippen molar-refractivity contribution in [1.29, 1.82) is 0 Å². The maximum Gasteiger partial charge on any atom is 0.261 e. The van der Waals surface area contributed by atoms with E-state index < -0.39 is 10.0 Å². The van der Waals surface area contributed by atoms with E-state index in [0.29, 0.717) is 22.0 Å². The minimum Gasteiger partial charge on any atom is -0.496 e. The first-order valence-corrected chi connectivity index (χ1v) is 7.89. The van der Waals surface area contributed by atoms with Gasteiger partial charge in [-0.3, -0.25) is 4.72 Å². The summed E-state index contributed by atoms with van der Waals surface area (Å²) in [6.45, 7) is -0.321. The van der Waals surface area contributed by atoms with Crippen LogP contribution in [0.4, 0.5) is 5.69 Å². The van der Waals surface area contributed by atoms with Gasteiger partial charge in [0, 0.05) is 5.56 Å². The van der Waals surface area contributed by atoms with E-state index in [1.807, 2.05) is 0 Å². The highest BCUT2D eigenvalue weighted by molar-refractivity contribution is 7.92. The van der Waals surface area contributed by atoms with E-state index in [-0.39, 0.29) is 11.5 Å². The SMILES string of the molecule is COc1ccc(S(=O)(=O)Nc2ccccc2Cl)cc1CO. The molecule has 2 aromatic carbocycles. The highest BCUT2D eigenvalue weighted by Crippen LogP contribution is 2.26. The lowest BCUT2D eigenvalue weighted by atomic mass is 10.2. The van der Waals surface area contributed by atoms with Gasteiger partial charge in [-0.05, 0) is 30.3 Å². The molecule has 0 aliphatic carbocycles. The molecule has 0 radical (unpaired) electrons. The number of ether oxygens (including phenoxy) is 1. The minimum atomic E-state index is -3.79. The van der Waals surface area contributed by atoms with E-state index in [4.69, 9.17) is 16.3 Å². The van der Waals surface area contributed by atoms with E-state index >= 15 is 0 Å². The smallest absolute Gasteiger partial charge is 0.261 e. The van der Waals surface area contributed by atoms with E-state index in [0.717, 1.165) is 0 Å². The predicted octanol–water partition coefficient (Wildman–Crippen LogP) is 2.64. The molecular formula is C14H14ClNO4S. The van der Waals surface area contributed by atoms with Crippen molar-refractivity contribution in [3.8, 4) is 5.75 Å². The standard InChI is InChI=1S/C14H14ClNO4S/c1-20-14-7-6-11(8-10(14)9-17)21(18,19)16-13-5-3-2-4-12(13)15/h2-8,16-17H,9H2,1H3. The summed E-state index contributed by atoms with van der Waals surface area (Å²) < 4.78 is 32.1. The molecule has 0 unspecified atom stereocenters. The fourth-order valence-corrected chi connectivity index (χ4v) is 3.16. The zero-order valence-corrected chi connectivity index (χ0v) is 12.8. The predicted molar refractivity (Wildman–Crippen MR) is 81.2 cm³/mol. The Labute approximate surface area is 128 Å². The van der Waals surface area contributed by atoms with Gasteiger partial charge in [0.25, 0.3) is 10.0 Å². The number of para-hydroxylation sites is 1. The molecule has 0 bridgehead atoms. The molecule has 0 fully saturated rings. The second-order valence-electron chi connectivity index (χ2n) is 4.22. The van der Waals surface area contributed by atoms with Crippen molar-refractivity contribution >= 4 is 27.3 Å². The van der Waals surface area contributed by atoms with Crippen LogP contribution in [0.3, 0.4) is 0 Å². The number of anilines is 1. The second kappa shape index (κ2) is 6.34. The van der Waals surface area contributed by atoms with Crippen molar-refractivity contribution in [3.05, 3.63) is 53.1 Å². The van der Waals surface area contributed by atoms with Gasteiger partial charge in [0.2, 0.25) is 0 Å². The van der Waals surface area contributed by atoms with E-state index in [1.54, 1.807) is 24.3 Å². The van der Waals surface area contributed by atoms with E-state index in [2.05, 4.69) is 4.72 Å². The number of benzene rings is 2. The first-order valence-electron chi connectivity index (χ1n) is 6.03. The quantitative estimate of drug-likeness (QED) is 0.885. The third-order valence-electron chi connectivity index (χ3n) is 2.85. The van der Waals surface area contributed by atoms with Crippen LogP contribution in [0.15, 0.2) is 47.4 Å². The topological polar surface area (TPSA) is 75.6 Å². The van der Waals surface area contributed by atoms with Gasteiger partial charge < -0.3 is 9.84 Å². The van der Waals surface area contributed by atoms with Gasteiger partial charge in [-0.15, -0.1) is 0 Å². The van der Waals surface area contributed by atoms with Crippen LogP contribution in [0.25, 0.3) is 0 Å². The Kier molecular flexibility index (Phi) is 4.72. The Balaban J connectivity index is 2.38. The Morgan fingerprint density at radius 1 is 1.24 bits per heavy atom. The summed E-state index contributed by atoms with van der Waals surface area (Å²) in [4.78, 5) is 0.0206. The summed E-state index contributed by atoms with van der Waals surface area (Å²) in [6, 6.07) is 10.8. The molecule has 2 N–H and O–H groups in total. The molecule has 21 heavy (non-hydrogen) atoms. The van der Waals surface area contributed by atoms with Crippen LogP contribution < -0.4 is 9.46 Å². The lowest BCUT2D eigenvalue weighted by Crippen LogP contribution is -2.13. The molecule has 0 atom stereocenters. The Morgan fingerprint density at radius 3 is 2.57 bits per heavy atom. The summed E-state index contributed by atoms with van der Waals surface area (Å²) in [5.41, 5.74) is 0.681. The number of methoxy groups -OCH3 is 1. The molecule has 0 aromatic heterocycles. The van der Waals surface area contributed by atoms with Crippen LogP contribution in [0.1, 0.15) is 5.56 Å². The summed E-state index contributed by atoms with van der Waals surface area (Å²) in [7, 11) is -2.35. The maximum atomic E-state index is 12.3. The number of sulfonamides is 1.